The molecule has 0 saturated heterocycles. The molecule has 0 unspecified atom stereocenters. The molecular formula is C34H36CaN2S4. The topological polar surface area (TPSA) is 6.48 Å². The Morgan fingerprint density at radius 3 is 0.780 bits per heavy atom. The van der Waals surface area contributed by atoms with Crippen molar-refractivity contribution in [1.82, 2.24) is 0 Å². The van der Waals surface area contributed by atoms with Crippen LogP contribution in [0.5, 0.6) is 0 Å². The van der Waals surface area contributed by atoms with Gasteiger partial charge in [0.15, 0.2) is 0 Å². The first kappa shape index (κ1) is 35.6. The summed E-state index contributed by atoms with van der Waals surface area (Å²) in [6.45, 7) is 16.7. The molecule has 4 rings (SSSR count). The minimum absolute atomic E-state index is 0. The molecule has 7 heteroatoms. The Balaban J connectivity index is 0.000000280. The van der Waals surface area contributed by atoms with E-state index in [-0.39, 0.29) is 37.7 Å². The second-order valence-electron chi connectivity index (χ2n) is 10.4. The zero-order valence-electron chi connectivity index (χ0n) is 25.2. The smallest absolute Gasteiger partial charge is 0.411 e. The third kappa shape index (κ3) is 9.17. The molecule has 0 aliphatic heterocycles. The Morgan fingerprint density at radius 2 is 0.634 bits per heavy atom. The van der Waals surface area contributed by atoms with Crippen molar-refractivity contribution >= 4 is 119 Å². The molecule has 208 valence electrons. The van der Waals surface area contributed by atoms with Gasteiger partial charge in [-0.1, -0.05) is 79.4 Å². The van der Waals surface area contributed by atoms with Crippen molar-refractivity contribution in [2.24, 2.45) is 0 Å². The number of hydrogen-bond donors (Lipinski definition) is 0. The maximum absolute atomic E-state index is 5.31. The van der Waals surface area contributed by atoms with Crippen LogP contribution in [0.1, 0.15) is 44.5 Å². The largest absolute Gasteiger partial charge is 2.00 e. The van der Waals surface area contributed by atoms with Gasteiger partial charge >= 0.3 is 37.7 Å². The number of anilines is 4. The van der Waals surface area contributed by atoms with Gasteiger partial charge in [-0.05, 0) is 102 Å². The summed E-state index contributed by atoms with van der Waals surface area (Å²) in [6.07, 6.45) is 0. The SMILES string of the molecule is Cc1ccc(N(C(=S)[S-])c2ccc(C)cc2C)c(C)c1.Cc1ccc(N(C(=S)[S-])c2ccc(C)cc2C)c(C)c1.[Ca+2]. The minimum atomic E-state index is 0. The first-order valence-electron chi connectivity index (χ1n) is 13.1. The number of nitrogens with zero attached hydrogens (tertiary/aromatic N) is 2. The van der Waals surface area contributed by atoms with Crippen LogP contribution in [-0.4, -0.2) is 46.4 Å². The fraction of sp³-hybridized carbons (Fsp3) is 0.235. The Labute approximate surface area is 298 Å². The molecule has 4 aromatic carbocycles. The Hall–Kier alpha value is -1.64. The van der Waals surface area contributed by atoms with Crippen LogP contribution in [0.4, 0.5) is 22.7 Å². The monoisotopic (exact) mass is 640 g/mol. The van der Waals surface area contributed by atoms with E-state index in [2.05, 4.69) is 128 Å². The van der Waals surface area contributed by atoms with E-state index >= 15 is 0 Å². The molecule has 0 aliphatic rings. The van der Waals surface area contributed by atoms with Gasteiger partial charge in [0.25, 0.3) is 0 Å². The predicted molar refractivity (Wildman–Crippen MR) is 194 cm³/mol. The number of aryl methyl sites for hydroxylation is 8. The average molecular weight is 641 g/mol. The third-order valence-corrected chi connectivity index (χ3v) is 7.47. The van der Waals surface area contributed by atoms with Gasteiger partial charge in [0.05, 0.1) is 0 Å². The fourth-order valence-electron chi connectivity index (χ4n) is 4.88. The number of hydrogen-bond acceptors (Lipinski definition) is 4. The van der Waals surface area contributed by atoms with Crippen molar-refractivity contribution in [3.05, 3.63) is 117 Å². The summed E-state index contributed by atoms with van der Waals surface area (Å²) >= 11 is 21.2. The van der Waals surface area contributed by atoms with E-state index in [0.717, 1.165) is 22.7 Å². The van der Waals surface area contributed by atoms with Crippen LogP contribution in [0.3, 0.4) is 0 Å². The van der Waals surface area contributed by atoms with E-state index in [9.17, 15) is 0 Å². The molecule has 0 saturated carbocycles. The van der Waals surface area contributed by atoms with Gasteiger partial charge in [0.2, 0.25) is 0 Å². The first-order chi connectivity index (χ1) is 18.8. The Kier molecular flexibility index (Phi) is 13.6. The number of rotatable bonds is 4. The summed E-state index contributed by atoms with van der Waals surface area (Å²) in [6, 6.07) is 25.3. The van der Waals surface area contributed by atoms with Crippen molar-refractivity contribution in [2.75, 3.05) is 9.80 Å². The second kappa shape index (κ2) is 15.7. The van der Waals surface area contributed by atoms with Gasteiger partial charge in [0.1, 0.15) is 0 Å². The zero-order valence-corrected chi connectivity index (χ0v) is 30.6. The second-order valence-corrected chi connectivity index (χ2v) is 12.4. The van der Waals surface area contributed by atoms with E-state index in [4.69, 9.17) is 49.7 Å². The van der Waals surface area contributed by atoms with Crippen LogP contribution in [0.2, 0.25) is 0 Å². The summed E-state index contributed by atoms with van der Waals surface area (Å²) in [7, 11) is 0. The van der Waals surface area contributed by atoms with Crippen LogP contribution in [-0.2, 0) is 25.3 Å². The standard InChI is InChI=1S/2C17H19NS2.Ca/c2*1-11-5-7-15(13(3)9-11)18(17(19)20)16-8-6-12(2)10-14(16)4;/h2*5-10H,1-4H3,(H,19,20);/q;;+2/p-2. The average Bonchev–Trinajstić information content (AvgIpc) is 2.84. The zero-order chi connectivity index (χ0) is 29.7. The molecule has 0 aromatic heterocycles. The number of thiocarbonyl (C=S) groups is 2. The molecule has 0 spiro atoms. The molecule has 2 nitrogen and oxygen atoms in total. The van der Waals surface area contributed by atoms with Gasteiger partial charge in [-0.2, -0.15) is 0 Å². The summed E-state index contributed by atoms with van der Waals surface area (Å²) < 4.78 is 0.896. The minimum Gasteiger partial charge on any atom is -0.411 e. The van der Waals surface area contributed by atoms with Gasteiger partial charge in [-0.3, -0.25) is 0 Å². The molecular weight excluding hydrogens is 605 g/mol. The van der Waals surface area contributed by atoms with Crippen LogP contribution in [0, 0.1) is 55.4 Å². The summed E-state index contributed by atoms with van der Waals surface area (Å²) in [5.41, 5.74) is 13.9. The van der Waals surface area contributed by atoms with Crippen LogP contribution < -0.4 is 9.80 Å². The molecule has 0 fully saturated rings. The summed E-state index contributed by atoms with van der Waals surface area (Å²) in [4.78, 5) is 3.96. The van der Waals surface area contributed by atoms with Gasteiger partial charge in [0, 0.05) is 22.7 Å². The Bertz CT molecular complexity index is 1340. The van der Waals surface area contributed by atoms with Crippen molar-refractivity contribution in [3.8, 4) is 0 Å². The molecule has 0 bridgehead atoms. The van der Waals surface area contributed by atoms with E-state index in [1.54, 1.807) is 0 Å². The molecule has 4 aromatic rings. The van der Waals surface area contributed by atoms with Crippen LogP contribution in [0.15, 0.2) is 72.8 Å². The van der Waals surface area contributed by atoms with E-state index in [0.29, 0.717) is 8.64 Å². The maximum atomic E-state index is 5.31. The van der Waals surface area contributed by atoms with Crippen molar-refractivity contribution in [3.63, 3.8) is 0 Å². The van der Waals surface area contributed by atoms with E-state index < -0.39 is 0 Å². The first-order valence-corrected chi connectivity index (χ1v) is 14.7. The number of benzene rings is 4. The van der Waals surface area contributed by atoms with Crippen LogP contribution >= 0.6 is 24.4 Å². The molecule has 0 amide bonds. The molecule has 0 radical (unpaired) electrons. The van der Waals surface area contributed by atoms with Crippen molar-refractivity contribution in [2.45, 2.75) is 55.4 Å². The van der Waals surface area contributed by atoms with Gasteiger partial charge < -0.3 is 59.5 Å². The molecule has 0 N–H and O–H groups in total. The van der Waals surface area contributed by atoms with E-state index in [1.165, 1.54) is 44.5 Å². The Morgan fingerprint density at radius 1 is 0.439 bits per heavy atom. The van der Waals surface area contributed by atoms with Crippen LogP contribution in [0.25, 0.3) is 0 Å². The predicted octanol–water partition coefficient (Wildman–Crippen LogP) is 9.40. The molecule has 41 heavy (non-hydrogen) atoms. The van der Waals surface area contributed by atoms with Gasteiger partial charge in [-0.25, -0.2) is 0 Å². The quantitative estimate of drug-likeness (QED) is 0.124. The molecule has 0 aliphatic carbocycles. The summed E-state index contributed by atoms with van der Waals surface area (Å²) in [5, 5.41) is 0. The van der Waals surface area contributed by atoms with Crippen molar-refractivity contribution < 1.29 is 0 Å². The summed E-state index contributed by atoms with van der Waals surface area (Å²) in [5.74, 6) is 0. The van der Waals surface area contributed by atoms with Gasteiger partial charge in [-0.15, -0.1) is 0 Å². The third-order valence-electron chi connectivity index (χ3n) is 6.74. The van der Waals surface area contributed by atoms with E-state index in [1.807, 2.05) is 9.80 Å². The fourth-order valence-corrected chi connectivity index (χ4v) is 5.66. The molecule has 0 heterocycles. The maximum Gasteiger partial charge on any atom is 2.00 e. The van der Waals surface area contributed by atoms with Crippen molar-refractivity contribution in [1.29, 1.82) is 0 Å². The molecule has 0 atom stereocenters. The normalized spacial score (nSPS) is 10.1.